The van der Waals surface area contributed by atoms with Crippen LogP contribution in [-0.4, -0.2) is 16.8 Å². The third-order valence-corrected chi connectivity index (χ3v) is 4.99. The van der Waals surface area contributed by atoms with Gasteiger partial charge in [0.1, 0.15) is 0 Å². The van der Waals surface area contributed by atoms with Crippen LogP contribution in [0.25, 0.3) is 10.9 Å². The van der Waals surface area contributed by atoms with Gasteiger partial charge < -0.3 is 19.7 Å². The molecule has 4 rings (SSSR count). The van der Waals surface area contributed by atoms with Crippen molar-refractivity contribution in [1.29, 1.82) is 0 Å². The van der Waals surface area contributed by atoms with Crippen molar-refractivity contribution in [2.75, 3.05) is 12.4 Å². The van der Waals surface area contributed by atoms with Crippen molar-refractivity contribution < 1.29 is 9.84 Å². The van der Waals surface area contributed by atoms with Crippen LogP contribution in [-0.2, 0) is 11.3 Å². The highest BCUT2D eigenvalue weighted by atomic mass is 35.5. The van der Waals surface area contributed by atoms with E-state index in [1.165, 1.54) is 18.1 Å². The number of halogens is 1. The summed E-state index contributed by atoms with van der Waals surface area (Å²) in [5.74, 6) is 0. The summed E-state index contributed by atoms with van der Waals surface area (Å²) in [6.45, 7) is 0.808. The van der Waals surface area contributed by atoms with Gasteiger partial charge in [0.25, 0.3) is 0 Å². The molecule has 142 valence electrons. The SMILES string of the molecule is COC(O)c1cc(Cl)ccc1Nc1ccc2ccn(Cc3ccccc3)c2c1. The van der Waals surface area contributed by atoms with Gasteiger partial charge >= 0.3 is 0 Å². The lowest BCUT2D eigenvalue weighted by atomic mass is 10.1. The zero-order valence-electron chi connectivity index (χ0n) is 15.5. The summed E-state index contributed by atoms with van der Waals surface area (Å²) in [4.78, 5) is 0. The molecule has 1 atom stereocenters. The largest absolute Gasteiger partial charge is 0.364 e. The van der Waals surface area contributed by atoms with E-state index in [1.807, 2.05) is 18.2 Å². The number of fused-ring (bicyclic) bond motifs is 1. The summed E-state index contributed by atoms with van der Waals surface area (Å²) in [6, 6.07) is 24.0. The molecular formula is C23H21ClN2O2. The normalized spacial score (nSPS) is 12.2. The fourth-order valence-corrected chi connectivity index (χ4v) is 3.49. The second-order valence-corrected chi connectivity index (χ2v) is 7.08. The summed E-state index contributed by atoms with van der Waals surface area (Å²) >= 11 is 6.08. The summed E-state index contributed by atoms with van der Waals surface area (Å²) in [5.41, 5.74) is 4.65. The van der Waals surface area contributed by atoms with E-state index in [-0.39, 0.29) is 0 Å². The average molecular weight is 393 g/mol. The van der Waals surface area contributed by atoms with Crippen LogP contribution >= 0.6 is 11.6 Å². The highest BCUT2D eigenvalue weighted by molar-refractivity contribution is 6.30. The van der Waals surface area contributed by atoms with E-state index >= 15 is 0 Å². The number of hydrogen-bond acceptors (Lipinski definition) is 3. The average Bonchev–Trinajstić information content (AvgIpc) is 3.11. The van der Waals surface area contributed by atoms with Gasteiger partial charge in [0.15, 0.2) is 6.29 Å². The molecule has 0 spiro atoms. The van der Waals surface area contributed by atoms with Crippen molar-refractivity contribution in [2.24, 2.45) is 0 Å². The molecule has 1 unspecified atom stereocenters. The number of ether oxygens (including phenoxy) is 1. The molecule has 0 aliphatic rings. The number of aromatic nitrogens is 1. The number of benzene rings is 3. The number of methoxy groups -OCH3 is 1. The minimum absolute atomic E-state index is 0.545. The van der Waals surface area contributed by atoms with Gasteiger partial charge in [0.05, 0.1) is 5.52 Å². The third kappa shape index (κ3) is 3.90. The minimum atomic E-state index is -1.05. The lowest BCUT2D eigenvalue weighted by Gasteiger charge is -2.16. The first-order valence-electron chi connectivity index (χ1n) is 9.04. The molecule has 1 heterocycles. The van der Waals surface area contributed by atoms with Crippen molar-refractivity contribution >= 4 is 33.9 Å². The molecule has 3 aromatic carbocycles. The Bertz CT molecular complexity index is 1090. The van der Waals surface area contributed by atoms with Gasteiger partial charge in [-0.15, -0.1) is 0 Å². The van der Waals surface area contributed by atoms with Gasteiger partial charge in [-0.3, -0.25) is 0 Å². The first-order chi connectivity index (χ1) is 13.6. The maximum atomic E-state index is 10.1. The number of anilines is 2. The first kappa shape index (κ1) is 18.6. The van der Waals surface area contributed by atoms with Crippen LogP contribution in [0.4, 0.5) is 11.4 Å². The van der Waals surface area contributed by atoms with Crippen molar-refractivity contribution in [2.45, 2.75) is 12.8 Å². The van der Waals surface area contributed by atoms with Crippen LogP contribution < -0.4 is 5.32 Å². The van der Waals surface area contributed by atoms with E-state index in [1.54, 1.807) is 12.1 Å². The number of nitrogens with zero attached hydrogens (tertiary/aromatic N) is 1. The van der Waals surface area contributed by atoms with Gasteiger partial charge in [-0.1, -0.05) is 48.0 Å². The highest BCUT2D eigenvalue weighted by Crippen LogP contribution is 2.31. The van der Waals surface area contributed by atoms with Crippen LogP contribution in [0.1, 0.15) is 17.4 Å². The van der Waals surface area contributed by atoms with Crippen molar-refractivity contribution in [1.82, 2.24) is 4.57 Å². The number of nitrogens with one attached hydrogen (secondary N) is 1. The second-order valence-electron chi connectivity index (χ2n) is 6.65. The summed E-state index contributed by atoms with van der Waals surface area (Å²) in [6.07, 6.45) is 1.05. The molecule has 4 aromatic rings. The van der Waals surface area contributed by atoms with Gasteiger partial charge in [-0.05, 0) is 47.3 Å². The van der Waals surface area contributed by atoms with E-state index in [4.69, 9.17) is 16.3 Å². The Kier molecular flexibility index (Phi) is 5.35. The quantitative estimate of drug-likeness (QED) is 0.412. The fraction of sp³-hybridized carbons (Fsp3) is 0.130. The molecule has 1 aromatic heterocycles. The fourth-order valence-electron chi connectivity index (χ4n) is 3.31. The monoisotopic (exact) mass is 392 g/mol. The lowest BCUT2D eigenvalue weighted by Crippen LogP contribution is -2.04. The molecule has 28 heavy (non-hydrogen) atoms. The first-order valence-corrected chi connectivity index (χ1v) is 9.42. The minimum Gasteiger partial charge on any atom is -0.364 e. The summed E-state index contributed by atoms with van der Waals surface area (Å²) < 4.78 is 7.29. The number of hydrogen-bond donors (Lipinski definition) is 2. The van der Waals surface area contributed by atoms with Crippen LogP contribution in [0.15, 0.2) is 79.0 Å². The van der Waals surface area contributed by atoms with Gasteiger partial charge in [0.2, 0.25) is 0 Å². The van der Waals surface area contributed by atoms with Crippen LogP contribution in [0, 0.1) is 0 Å². The number of aliphatic hydroxyl groups excluding tert-OH is 1. The predicted octanol–water partition coefficient (Wildman–Crippen LogP) is 5.72. The molecule has 0 aliphatic heterocycles. The Labute approximate surface area is 169 Å². The van der Waals surface area contributed by atoms with Gasteiger partial charge in [-0.2, -0.15) is 0 Å². The molecule has 0 bridgehead atoms. The Morgan fingerprint density at radius 3 is 2.64 bits per heavy atom. The van der Waals surface area contributed by atoms with E-state index in [2.05, 4.69) is 58.5 Å². The molecule has 0 aliphatic carbocycles. The molecular weight excluding hydrogens is 372 g/mol. The molecule has 0 radical (unpaired) electrons. The molecule has 0 amide bonds. The van der Waals surface area contributed by atoms with E-state index in [0.29, 0.717) is 10.6 Å². The Hall–Kier alpha value is -2.79. The van der Waals surface area contributed by atoms with E-state index < -0.39 is 6.29 Å². The lowest BCUT2D eigenvalue weighted by molar-refractivity contribution is -0.0764. The zero-order chi connectivity index (χ0) is 19.5. The molecule has 2 N–H and O–H groups in total. The number of rotatable bonds is 6. The van der Waals surface area contributed by atoms with Crippen LogP contribution in [0.2, 0.25) is 5.02 Å². The predicted molar refractivity (Wildman–Crippen MR) is 114 cm³/mol. The topological polar surface area (TPSA) is 46.4 Å². The standard InChI is InChI=1S/C23H21ClN2O2/c1-28-23(27)20-13-18(24)8-10-21(20)25-19-9-7-17-11-12-26(22(17)14-19)15-16-5-3-2-4-6-16/h2-14,23,25,27H,15H2,1H3. The number of aliphatic hydroxyl groups is 1. The zero-order valence-corrected chi connectivity index (χ0v) is 16.2. The molecule has 0 fully saturated rings. The molecule has 0 saturated carbocycles. The Morgan fingerprint density at radius 2 is 1.86 bits per heavy atom. The van der Waals surface area contributed by atoms with E-state index in [9.17, 15) is 5.11 Å². The van der Waals surface area contributed by atoms with Crippen LogP contribution in [0.3, 0.4) is 0 Å². The Balaban J connectivity index is 1.66. The summed E-state index contributed by atoms with van der Waals surface area (Å²) in [7, 11) is 1.46. The maximum Gasteiger partial charge on any atom is 0.182 e. The third-order valence-electron chi connectivity index (χ3n) is 4.75. The van der Waals surface area contributed by atoms with Crippen LogP contribution in [0.5, 0.6) is 0 Å². The van der Waals surface area contributed by atoms with Crippen molar-refractivity contribution in [3.05, 3.63) is 95.1 Å². The highest BCUT2D eigenvalue weighted by Gasteiger charge is 2.13. The maximum absolute atomic E-state index is 10.1. The second kappa shape index (κ2) is 8.07. The smallest absolute Gasteiger partial charge is 0.182 e. The van der Waals surface area contributed by atoms with E-state index in [0.717, 1.165) is 23.4 Å². The summed E-state index contributed by atoms with van der Waals surface area (Å²) in [5, 5.41) is 15.2. The molecule has 0 saturated heterocycles. The Morgan fingerprint density at radius 1 is 1.04 bits per heavy atom. The van der Waals surface area contributed by atoms with Crippen molar-refractivity contribution in [3.8, 4) is 0 Å². The van der Waals surface area contributed by atoms with Gasteiger partial charge in [0, 0.05) is 41.8 Å². The molecule has 5 heteroatoms. The molecule has 4 nitrogen and oxygen atoms in total. The van der Waals surface area contributed by atoms with Crippen molar-refractivity contribution in [3.63, 3.8) is 0 Å². The van der Waals surface area contributed by atoms with Gasteiger partial charge in [-0.25, -0.2) is 0 Å².